The Balaban J connectivity index is 2.54. The van der Waals surface area contributed by atoms with Crippen molar-refractivity contribution in [1.29, 1.82) is 0 Å². The SMILES string of the molecule is CC(C)CC(OCC(CN1CC(C)OC(C)C1)N=O)C(C)C(C)C. The van der Waals surface area contributed by atoms with E-state index in [-0.39, 0.29) is 24.4 Å². The summed E-state index contributed by atoms with van der Waals surface area (Å²) in [4.78, 5) is 13.6. The Morgan fingerprint density at radius 1 is 1.12 bits per heavy atom. The monoisotopic (exact) mass is 342 g/mol. The summed E-state index contributed by atoms with van der Waals surface area (Å²) in [7, 11) is 0. The summed E-state index contributed by atoms with van der Waals surface area (Å²) in [6.07, 6.45) is 1.63. The van der Waals surface area contributed by atoms with Crippen molar-refractivity contribution < 1.29 is 9.47 Å². The second-order valence-electron chi connectivity index (χ2n) is 8.34. The largest absolute Gasteiger partial charge is 0.376 e. The second-order valence-corrected chi connectivity index (χ2v) is 8.34. The fourth-order valence-electron chi connectivity index (χ4n) is 3.41. The zero-order valence-electron chi connectivity index (χ0n) is 16.7. The molecule has 0 aromatic rings. The third-order valence-electron chi connectivity index (χ3n) is 4.96. The molecule has 1 aliphatic rings. The van der Waals surface area contributed by atoms with Crippen LogP contribution in [-0.2, 0) is 9.47 Å². The molecule has 5 nitrogen and oxygen atoms in total. The highest BCUT2D eigenvalue weighted by Gasteiger charge is 2.27. The van der Waals surface area contributed by atoms with E-state index in [2.05, 4.69) is 58.5 Å². The van der Waals surface area contributed by atoms with Crippen molar-refractivity contribution in [3.63, 3.8) is 0 Å². The number of nitrogens with zero attached hydrogens (tertiary/aromatic N) is 2. The van der Waals surface area contributed by atoms with Crippen molar-refractivity contribution in [2.45, 2.75) is 79.2 Å². The first-order chi connectivity index (χ1) is 11.2. The first kappa shape index (κ1) is 21.5. The third kappa shape index (κ3) is 7.58. The summed E-state index contributed by atoms with van der Waals surface area (Å²) in [5, 5.41) is 3.33. The van der Waals surface area contributed by atoms with Gasteiger partial charge in [-0.25, -0.2) is 0 Å². The van der Waals surface area contributed by atoms with E-state index in [9.17, 15) is 4.91 Å². The van der Waals surface area contributed by atoms with Gasteiger partial charge in [-0.3, -0.25) is 4.90 Å². The number of nitroso groups, excluding NO2 is 1. The van der Waals surface area contributed by atoms with Crippen molar-refractivity contribution in [1.82, 2.24) is 4.90 Å². The lowest BCUT2D eigenvalue weighted by Crippen LogP contribution is -2.48. The molecule has 0 amide bonds. The van der Waals surface area contributed by atoms with Crippen LogP contribution in [0.4, 0.5) is 0 Å². The molecule has 0 bridgehead atoms. The highest BCUT2D eigenvalue weighted by Crippen LogP contribution is 2.23. The lowest BCUT2D eigenvalue weighted by atomic mass is 9.87. The van der Waals surface area contributed by atoms with Crippen LogP contribution in [0.25, 0.3) is 0 Å². The van der Waals surface area contributed by atoms with E-state index < -0.39 is 0 Å². The molecule has 0 N–H and O–H groups in total. The second kappa shape index (κ2) is 10.5. The molecule has 1 rings (SSSR count). The predicted molar refractivity (Wildman–Crippen MR) is 99.2 cm³/mol. The van der Waals surface area contributed by atoms with Gasteiger partial charge >= 0.3 is 0 Å². The minimum absolute atomic E-state index is 0.191. The molecule has 1 heterocycles. The van der Waals surface area contributed by atoms with E-state index >= 15 is 0 Å². The van der Waals surface area contributed by atoms with Gasteiger partial charge in [-0.15, -0.1) is 0 Å². The molecule has 0 aromatic carbocycles. The van der Waals surface area contributed by atoms with Crippen molar-refractivity contribution in [2.24, 2.45) is 22.9 Å². The lowest BCUT2D eigenvalue weighted by Gasteiger charge is -2.36. The zero-order chi connectivity index (χ0) is 18.3. The van der Waals surface area contributed by atoms with E-state index in [1.807, 2.05) is 0 Å². The van der Waals surface area contributed by atoms with Gasteiger partial charge in [-0.1, -0.05) is 39.8 Å². The van der Waals surface area contributed by atoms with Gasteiger partial charge in [0.1, 0.15) is 6.04 Å². The summed E-state index contributed by atoms with van der Waals surface area (Å²) in [5.41, 5.74) is 0. The Bertz CT molecular complexity index is 353. The summed E-state index contributed by atoms with van der Waals surface area (Å²) in [6.45, 7) is 18.1. The fraction of sp³-hybridized carbons (Fsp3) is 1.00. The molecule has 142 valence electrons. The van der Waals surface area contributed by atoms with Gasteiger partial charge in [0, 0.05) is 19.6 Å². The molecule has 0 spiro atoms. The van der Waals surface area contributed by atoms with E-state index in [0.29, 0.717) is 30.9 Å². The predicted octanol–water partition coefficient (Wildman–Crippen LogP) is 3.95. The number of rotatable bonds is 10. The Kier molecular flexibility index (Phi) is 9.39. The number of hydrogen-bond donors (Lipinski definition) is 0. The third-order valence-corrected chi connectivity index (χ3v) is 4.96. The minimum Gasteiger partial charge on any atom is -0.376 e. The molecule has 1 fully saturated rings. The quantitative estimate of drug-likeness (QED) is 0.564. The molecule has 1 saturated heterocycles. The normalized spacial score (nSPS) is 26.5. The molecular formula is C19H38N2O3. The summed E-state index contributed by atoms with van der Waals surface area (Å²) < 4.78 is 11.9. The fourth-order valence-corrected chi connectivity index (χ4v) is 3.41. The van der Waals surface area contributed by atoms with Crippen LogP contribution in [0.1, 0.15) is 54.9 Å². The Hall–Kier alpha value is -0.520. The first-order valence-corrected chi connectivity index (χ1v) is 9.54. The smallest absolute Gasteiger partial charge is 0.128 e. The van der Waals surface area contributed by atoms with Crippen LogP contribution in [0.15, 0.2) is 5.18 Å². The molecule has 24 heavy (non-hydrogen) atoms. The molecule has 5 atom stereocenters. The van der Waals surface area contributed by atoms with Crippen LogP contribution in [0.2, 0.25) is 0 Å². The van der Waals surface area contributed by atoms with Gasteiger partial charge in [-0.05, 0) is 38.0 Å². The van der Waals surface area contributed by atoms with E-state index in [1.54, 1.807) is 0 Å². The lowest BCUT2D eigenvalue weighted by molar-refractivity contribution is -0.0738. The van der Waals surface area contributed by atoms with Crippen LogP contribution < -0.4 is 0 Å². The molecule has 0 aromatic heterocycles. The van der Waals surface area contributed by atoms with Gasteiger partial charge in [-0.2, -0.15) is 4.91 Å². The average Bonchev–Trinajstić information content (AvgIpc) is 2.47. The average molecular weight is 343 g/mol. The topological polar surface area (TPSA) is 51.1 Å². The van der Waals surface area contributed by atoms with E-state index in [0.717, 1.165) is 19.5 Å². The highest BCUT2D eigenvalue weighted by molar-refractivity contribution is 4.79. The Morgan fingerprint density at radius 2 is 1.71 bits per heavy atom. The van der Waals surface area contributed by atoms with Crippen LogP contribution in [0.5, 0.6) is 0 Å². The molecule has 1 aliphatic heterocycles. The molecule has 0 aliphatic carbocycles. The van der Waals surface area contributed by atoms with E-state index in [1.165, 1.54) is 0 Å². The van der Waals surface area contributed by atoms with Crippen LogP contribution in [0, 0.1) is 22.7 Å². The number of morpholine rings is 1. The van der Waals surface area contributed by atoms with Gasteiger partial charge < -0.3 is 9.47 Å². The van der Waals surface area contributed by atoms with Crippen molar-refractivity contribution in [3.05, 3.63) is 4.91 Å². The Morgan fingerprint density at radius 3 is 2.17 bits per heavy atom. The molecule has 0 saturated carbocycles. The highest BCUT2D eigenvalue weighted by atomic mass is 16.5. The summed E-state index contributed by atoms with van der Waals surface area (Å²) >= 11 is 0. The first-order valence-electron chi connectivity index (χ1n) is 9.54. The van der Waals surface area contributed by atoms with Crippen molar-refractivity contribution in [2.75, 3.05) is 26.2 Å². The maximum Gasteiger partial charge on any atom is 0.128 e. The summed E-state index contributed by atoms with van der Waals surface area (Å²) in [6, 6.07) is -0.309. The van der Waals surface area contributed by atoms with Crippen LogP contribution >= 0.6 is 0 Å². The van der Waals surface area contributed by atoms with Gasteiger partial charge in [0.25, 0.3) is 0 Å². The molecular weight excluding hydrogens is 304 g/mol. The number of ether oxygens (including phenoxy) is 2. The maximum atomic E-state index is 11.3. The van der Waals surface area contributed by atoms with Crippen molar-refractivity contribution in [3.8, 4) is 0 Å². The molecule has 0 radical (unpaired) electrons. The van der Waals surface area contributed by atoms with Crippen LogP contribution in [0.3, 0.4) is 0 Å². The van der Waals surface area contributed by atoms with Gasteiger partial charge in [0.15, 0.2) is 0 Å². The number of hydrogen-bond acceptors (Lipinski definition) is 5. The van der Waals surface area contributed by atoms with Gasteiger partial charge in [0.05, 0.1) is 24.9 Å². The standard InChI is InChI=1S/C19H38N2O3/c1-13(2)8-19(17(7)14(3)4)23-12-18(20-22)11-21-9-15(5)24-16(6)10-21/h13-19H,8-12H2,1-7H3. The summed E-state index contributed by atoms with van der Waals surface area (Å²) in [5.74, 6) is 1.63. The maximum absolute atomic E-state index is 11.3. The van der Waals surface area contributed by atoms with Gasteiger partial charge in [0.2, 0.25) is 0 Å². The van der Waals surface area contributed by atoms with Crippen molar-refractivity contribution >= 4 is 0 Å². The Labute approximate surface area is 148 Å². The van der Waals surface area contributed by atoms with Crippen LogP contribution in [-0.4, -0.2) is 55.5 Å². The molecule has 5 unspecified atom stereocenters. The minimum atomic E-state index is -0.309. The van der Waals surface area contributed by atoms with E-state index in [4.69, 9.17) is 9.47 Å². The zero-order valence-corrected chi connectivity index (χ0v) is 16.7. The molecule has 5 heteroatoms.